The van der Waals surface area contributed by atoms with E-state index in [4.69, 9.17) is 0 Å². The highest BCUT2D eigenvalue weighted by molar-refractivity contribution is 7.09. The summed E-state index contributed by atoms with van der Waals surface area (Å²) < 4.78 is 1.95. The molecule has 0 aliphatic heterocycles. The Kier molecular flexibility index (Phi) is 3.47. The highest BCUT2D eigenvalue weighted by Crippen LogP contribution is 2.14. The van der Waals surface area contributed by atoms with Gasteiger partial charge >= 0.3 is 0 Å². The lowest BCUT2D eigenvalue weighted by Crippen LogP contribution is -2.02. The summed E-state index contributed by atoms with van der Waals surface area (Å²) >= 11 is 1.67. The Hall–Kier alpha value is -2.21. The van der Waals surface area contributed by atoms with Crippen LogP contribution in [0.5, 0.6) is 0 Å². The fourth-order valence-electron chi connectivity index (χ4n) is 1.91. The van der Waals surface area contributed by atoms with E-state index in [9.17, 15) is 0 Å². The SMILES string of the molecule is Cc1csc(CNc2ccc(-n3ccnc3C)nc2)n1. The third-order valence-corrected chi connectivity index (χ3v) is 3.90. The first-order valence-electron chi connectivity index (χ1n) is 6.33. The molecule has 0 saturated carbocycles. The monoisotopic (exact) mass is 285 g/mol. The van der Waals surface area contributed by atoms with Gasteiger partial charge in [-0.2, -0.15) is 0 Å². The molecule has 3 aromatic heterocycles. The first-order chi connectivity index (χ1) is 9.72. The van der Waals surface area contributed by atoms with Crippen LogP contribution < -0.4 is 5.32 Å². The zero-order valence-corrected chi connectivity index (χ0v) is 12.2. The van der Waals surface area contributed by atoms with Crippen molar-refractivity contribution in [2.45, 2.75) is 20.4 Å². The summed E-state index contributed by atoms with van der Waals surface area (Å²) in [5.41, 5.74) is 2.05. The van der Waals surface area contributed by atoms with Crippen LogP contribution in [0.15, 0.2) is 36.1 Å². The zero-order chi connectivity index (χ0) is 13.9. The lowest BCUT2D eigenvalue weighted by Gasteiger charge is -2.07. The Balaban J connectivity index is 1.69. The van der Waals surface area contributed by atoms with Gasteiger partial charge < -0.3 is 5.32 Å². The van der Waals surface area contributed by atoms with Crippen LogP contribution >= 0.6 is 11.3 Å². The Bertz CT molecular complexity index is 698. The van der Waals surface area contributed by atoms with Crippen LogP contribution in [0.4, 0.5) is 5.69 Å². The fourth-order valence-corrected chi connectivity index (χ4v) is 2.63. The van der Waals surface area contributed by atoms with Gasteiger partial charge in [0.2, 0.25) is 0 Å². The van der Waals surface area contributed by atoms with E-state index >= 15 is 0 Å². The number of aryl methyl sites for hydroxylation is 2. The molecular formula is C14H15N5S. The van der Waals surface area contributed by atoms with Crippen molar-refractivity contribution in [3.8, 4) is 5.82 Å². The standard InChI is InChI=1S/C14H15N5S/c1-10-9-20-14(18-10)8-16-12-3-4-13(17-7-12)19-6-5-15-11(19)2/h3-7,9,16H,8H2,1-2H3. The lowest BCUT2D eigenvalue weighted by molar-refractivity contribution is 0.932. The molecular weight excluding hydrogens is 270 g/mol. The van der Waals surface area contributed by atoms with Crippen molar-refractivity contribution >= 4 is 17.0 Å². The summed E-state index contributed by atoms with van der Waals surface area (Å²) in [7, 11) is 0. The van der Waals surface area contributed by atoms with Crippen molar-refractivity contribution in [1.29, 1.82) is 0 Å². The molecule has 3 heterocycles. The van der Waals surface area contributed by atoms with Crippen LogP contribution in [0.2, 0.25) is 0 Å². The highest BCUT2D eigenvalue weighted by Gasteiger charge is 2.02. The van der Waals surface area contributed by atoms with Gasteiger partial charge in [-0.3, -0.25) is 4.57 Å². The number of imidazole rings is 1. The van der Waals surface area contributed by atoms with Crippen LogP contribution in [0.1, 0.15) is 16.5 Å². The van der Waals surface area contributed by atoms with Crippen LogP contribution in [-0.2, 0) is 6.54 Å². The molecule has 6 heteroatoms. The first kappa shape index (κ1) is 12.8. The molecule has 0 aliphatic rings. The number of anilines is 1. The second-order valence-electron chi connectivity index (χ2n) is 4.49. The largest absolute Gasteiger partial charge is 0.377 e. The minimum absolute atomic E-state index is 0.726. The quantitative estimate of drug-likeness (QED) is 0.800. The number of aromatic nitrogens is 4. The van der Waals surface area contributed by atoms with Crippen molar-refractivity contribution in [3.63, 3.8) is 0 Å². The van der Waals surface area contributed by atoms with Gasteiger partial charge in [-0.05, 0) is 26.0 Å². The minimum Gasteiger partial charge on any atom is -0.377 e. The van der Waals surface area contributed by atoms with E-state index in [0.29, 0.717) is 0 Å². The molecule has 0 radical (unpaired) electrons. The average Bonchev–Trinajstić information content (AvgIpc) is 3.06. The van der Waals surface area contributed by atoms with Gasteiger partial charge in [-0.1, -0.05) is 0 Å². The van der Waals surface area contributed by atoms with E-state index in [1.54, 1.807) is 17.5 Å². The molecule has 0 aromatic carbocycles. The van der Waals surface area contributed by atoms with Crippen LogP contribution in [0.3, 0.4) is 0 Å². The van der Waals surface area contributed by atoms with Crippen molar-refractivity contribution in [2.24, 2.45) is 0 Å². The molecule has 3 aromatic rings. The highest BCUT2D eigenvalue weighted by atomic mass is 32.1. The summed E-state index contributed by atoms with van der Waals surface area (Å²) in [4.78, 5) is 13.1. The molecule has 5 nitrogen and oxygen atoms in total. The maximum absolute atomic E-state index is 4.44. The number of nitrogens with one attached hydrogen (secondary N) is 1. The van der Waals surface area contributed by atoms with Crippen LogP contribution in [0, 0.1) is 13.8 Å². The van der Waals surface area contributed by atoms with Crippen molar-refractivity contribution in [2.75, 3.05) is 5.32 Å². The smallest absolute Gasteiger partial charge is 0.138 e. The van der Waals surface area contributed by atoms with Crippen LogP contribution in [-0.4, -0.2) is 19.5 Å². The van der Waals surface area contributed by atoms with Gasteiger partial charge in [0, 0.05) is 23.5 Å². The van der Waals surface area contributed by atoms with E-state index in [2.05, 4.69) is 25.6 Å². The second kappa shape index (κ2) is 5.42. The number of hydrogen-bond donors (Lipinski definition) is 1. The van der Waals surface area contributed by atoms with Crippen LogP contribution in [0.25, 0.3) is 5.82 Å². The Labute approximate surface area is 121 Å². The van der Waals surface area contributed by atoms with Gasteiger partial charge in [0.1, 0.15) is 16.6 Å². The molecule has 3 rings (SSSR count). The van der Waals surface area contributed by atoms with Crippen molar-refractivity contribution < 1.29 is 0 Å². The number of rotatable bonds is 4. The van der Waals surface area contributed by atoms with Gasteiger partial charge in [0.05, 0.1) is 18.4 Å². The topological polar surface area (TPSA) is 55.6 Å². The lowest BCUT2D eigenvalue weighted by atomic mass is 10.4. The molecule has 0 saturated heterocycles. The van der Waals surface area contributed by atoms with Crippen molar-refractivity contribution in [3.05, 3.63) is 52.6 Å². The first-order valence-corrected chi connectivity index (χ1v) is 7.21. The second-order valence-corrected chi connectivity index (χ2v) is 5.43. The van der Waals surface area contributed by atoms with E-state index in [1.165, 1.54) is 0 Å². The minimum atomic E-state index is 0.726. The van der Waals surface area contributed by atoms with E-state index in [0.717, 1.165) is 34.6 Å². The number of hydrogen-bond acceptors (Lipinski definition) is 5. The van der Waals surface area contributed by atoms with Crippen molar-refractivity contribution in [1.82, 2.24) is 19.5 Å². The molecule has 0 bridgehead atoms. The van der Waals surface area contributed by atoms with Gasteiger partial charge in [0.25, 0.3) is 0 Å². The van der Waals surface area contributed by atoms with Gasteiger partial charge in [-0.25, -0.2) is 15.0 Å². The normalized spacial score (nSPS) is 10.7. The number of nitrogens with zero attached hydrogens (tertiary/aromatic N) is 4. The molecule has 0 atom stereocenters. The Morgan fingerprint density at radius 2 is 2.15 bits per heavy atom. The summed E-state index contributed by atoms with van der Waals surface area (Å²) in [6.07, 6.45) is 5.51. The molecule has 20 heavy (non-hydrogen) atoms. The van der Waals surface area contributed by atoms with E-state index in [-0.39, 0.29) is 0 Å². The summed E-state index contributed by atoms with van der Waals surface area (Å²) in [6.45, 7) is 4.69. The van der Waals surface area contributed by atoms with E-state index in [1.807, 2.05) is 42.9 Å². The zero-order valence-electron chi connectivity index (χ0n) is 11.4. The summed E-state index contributed by atoms with van der Waals surface area (Å²) in [5.74, 6) is 1.80. The Morgan fingerprint density at radius 1 is 1.25 bits per heavy atom. The van der Waals surface area contributed by atoms with E-state index < -0.39 is 0 Å². The summed E-state index contributed by atoms with van der Waals surface area (Å²) in [5, 5.41) is 6.46. The fraction of sp³-hybridized carbons (Fsp3) is 0.214. The summed E-state index contributed by atoms with van der Waals surface area (Å²) in [6, 6.07) is 3.99. The third kappa shape index (κ3) is 2.70. The molecule has 0 spiro atoms. The molecule has 1 N–H and O–H groups in total. The van der Waals surface area contributed by atoms with Gasteiger partial charge in [-0.15, -0.1) is 11.3 Å². The number of thiazole rings is 1. The molecule has 0 fully saturated rings. The van der Waals surface area contributed by atoms with Gasteiger partial charge in [0.15, 0.2) is 0 Å². The average molecular weight is 285 g/mol. The molecule has 102 valence electrons. The number of pyridine rings is 1. The predicted molar refractivity (Wildman–Crippen MR) is 80.3 cm³/mol. The maximum Gasteiger partial charge on any atom is 0.138 e. The molecule has 0 aliphatic carbocycles. The molecule has 0 amide bonds. The molecule has 0 unspecified atom stereocenters. The maximum atomic E-state index is 4.44. The Morgan fingerprint density at radius 3 is 2.75 bits per heavy atom. The third-order valence-electron chi connectivity index (χ3n) is 2.93. The predicted octanol–water partition coefficient (Wildman–Crippen LogP) is 2.95.